The van der Waals surface area contributed by atoms with Crippen LogP contribution in [0.15, 0.2) is 11.6 Å². The summed E-state index contributed by atoms with van der Waals surface area (Å²) in [5.74, 6) is 7.74. The molecule has 166 valence electrons. The topological polar surface area (TPSA) is 0 Å². The van der Waals surface area contributed by atoms with Gasteiger partial charge in [0.1, 0.15) is 0 Å². The molecule has 0 nitrogen and oxygen atoms in total. The maximum atomic E-state index is 4.66. The summed E-state index contributed by atoms with van der Waals surface area (Å²) in [5.41, 5.74) is 2.85. The second-order valence-corrected chi connectivity index (χ2v) is 12.9. The van der Waals surface area contributed by atoms with E-state index >= 15 is 0 Å². The molecule has 1 heteroatoms. The molecule has 3 fully saturated rings. The molecule has 4 aliphatic carbocycles. The smallest absolute Gasteiger partial charge is 0.0113 e. The Hall–Kier alpha value is 0.0900. The van der Waals surface area contributed by atoms with E-state index in [4.69, 9.17) is 0 Å². The molecular formula is C28H48S. The molecule has 4 aliphatic rings. The van der Waals surface area contributed by atoms with Crippen molar-refractivity contribution in [3.05, 3.63) is 11.6 Å². The molecule has 0 radical (unpaired) electrons. The van der Waals surface area contributed by atoms with Gasteiger partial charge in [-0.15, -0.1) is 0 Å². The van der Waals surface area contributed by atoms with Crippen LogP contribution in [-0.2, 0) is 0 Å². The van der Waals surface area contributed by atoms with Crippen LogP contribution in [0.5, 0.6) is 0 Å². The summed E-state index contributed by atoms with van der Waals surface area (Å²) >= 11 is 4.66. The molecule has 3 saturated carbocycles. The molecule has 0 aromatic heterocycles. The van der Waals surface area contributed by atoms with Crippen molar-refractivity contribution in [1.29, 1.82) is 0 Å². The number of thiol groups is 1. The SMILES string of the molecule is CC(C)CCC[C@@H](C)[C@H]1CC[C@H]2[C@@H]3CC[C@H]4CC=C(CS)C[C@]4(C)[C@H]3CC[C@]12C. The molecule has 0 aromatic rings. The molecule has 0 spiro atoms. The minimum absolute atomic E-state index is 0.567. The summed E-state index contributed by atoms with van der Waals surface area (Å²) < 4.78 is 0. The van der Waals surface area contributed by atoms with Gasteiger partial charge >= 0.3 is 0 Å². The fourth-order valence-corrected chi connectivity index (χ4v) is 9.45. The summed E-state index contributed by atoms with van der Waals surface area (Å²) in [6.45, 7) is 12.8. The van der Waals surface area contributed by atoms with Gasteiger partial charge in [-0.2, -0.15) is 12.6 Å². The van der Waals surface area contributed by atoms with Crippen LogP contribution in [0.25, 0.3) is 0 Å². The van der Waals surface area contributed by atoms with Crippen LogP contribution in [0.2, 0.25) is 0 Å². The zero-order valence-corrected chi connectivity index (χ0v) is 20.9. The summed E-state index contributed by atoms with van der Waals surface area (Å²) in [5, 5.41) is 0. The zero-order chi connectivity index (χ0) is 20.8. The number of hydrogen-bond donors (Lipinski definition) is 1. The molecular weight excluding hydrogens is 368 g/mol. The van der Waals surface area contributed by atoms with Gasteiger partial charge in [0.05, 0.1) is 0 Å². The van der Waals surface area contributed by atoms with Crippen LogP contribution < -0.4 is 0 Å². The first-order chi connectivity index (χ1) is 13.8. The molecule has 8 atom stereocenters. The predicted octanol–water partition coefficient (Wildman–Crippen LogP) is 8.57. The number of fused-ring (bicyclic) bond motifs is 5. The molecule has 0 N–H and O–H groups in total. The van der Waals surface area contributed by atoms with E-state index in [9.17, 15) is 0 Å². The van der Waals surface area contributed by atoms with Crippen LogP contribution in [0.3, 0.4) is 0 Å². The van der Waals surface area contributed by atoms with E-state index in [0.29, 0.717) is 10.8 Å². The molecule has 0 heterocycles. The third kappa shape index (κ3) is 3.89. The maximum Gasteiger partial charge on any atom is 0.0113 e. The van der Waals surface area contributed by atoms with Crippen molar-refractivity contribution in [3.63, 3.8) is 0 Å². The van der Waals surface area contributed by atoms with Crippen LogP contribution in [-0.4, -0.2) is 5.75 Å². The van der Waals surface area contributed by atoms with Crippen molar-refractivity contribution in [2.45, 2.75) is 105 Å². The minimum Gasteiger partial charge on any atom is -0.175 e. The van der Waals surface area contributed by atoms with Gasteiger partial charge in [0.15, 0.2) is 0 Å². The predicted molar refractivity (Wildman–Crippen MR) is 130 cm³/mol. The van der Waals surface area contributed by atoms with Crippen molar-refractivity contribution in [1.82, 2.24) is 0 Å². The molecule has 0 unspecified atom stereocenters. The highest BCUT2D eigenvalue weighted by molar-refractivity contribution is 7.80. The first-order valence-electron chi connectivity index (χ1n) is 13.1. The second-order valence-electron chi connectivity index (χ2n) is 12.6. The minimum atomic E-state index is 0.567. The highest BCUT2D eigenvalue weighted by Gasteiger charge is 2.60. The number of hydrogen-bond acceptors (Lipinski definition) is 1. The third-order valence-corrected chi connectivity index (χ3v) is 11.2. The molecule has 0 aliphatic heterocycles. The van der Waals surface area contributed by atoms with Gasteiger partial charge in [-0.05, 0) is 104 Å². The maximum absolute atomic E-state index is 4.66. The zero-order valence-electron chi connectivity index (χ0n) is 20.1. The monoisotopic (exact) mass is 416 g/mol. The van der Waals surface area contributed by atoms with E-state index in [1.807, 2.05) is 0 Å². The van der Waals surface area contributed by atoms with Crippen LogP contribution >= 0.6 is 12.6 Å². The summed E-state index contributed by atoms with van der Waals surface area (Å²) in [4.78, 5) is 0. The van der Waals surface area contributed by atoms with Crippen LogP contribution in [0.1, 0.15) is 105 Å². The summed E-state index contributed by atoms with van der Waals surface area (Å²) in [6.07, 6.45) is 18.7. The first kappa shape index (κ1) is 22.3. The molecule has 29 heavy (non-hydrogen) atoms. The molecule has 0 bridgehead atoms. The molecule has 4 rings (SSSR count). The fraction of sp³-hybridized carbons (Fsp3) is 0.929. The van der Waals surface area contributed by atoms with Gasteiger partial charge in [-0.1, -0.05) is 65.5 Å². The van der Waals surface area contributed by atoms with Crippen molar-refractivity contribution < 1.29 is 0 Å². The average Bonchev–Trinajstić information content (AvgIpc) is 3.04. The van der Waals surface area contributed by atoms with Gasteiger partial charge in [0, 0.05) is 5.75 Å². The van der Waals surface area contributed by atoms with E-state index in [-0.39, 0.29) is 0 Å². The largest absolute Gasteiger partial charge is 0.175 e. The van der Waals surface area contributed by atoms with E-state index in [1.165, 1.54) is 70.6 Å². The Morgan fingerprint density at radius 1 is 0.966 bits per heavy atom. The Morgan fingerprint density at radius 2 is 1.72 bits per heavy atom. The molecule has 0 aromatic carbocycles. The lowest BCUT2D eigenvalue weighted by Gasteiger charge is -2.60. The Balaban J connectivity index is 1.48. The van der Waals surface area contributed by atoms with E-state index in [2.05, 4.69) is 53.3 Å². The number of allylic oxidation sites excluding steroid dienone is 1. The van der Waals surface area contributed by atoms with Crippen molar-refractivity contribution in [2.24, 2.45) is 52.3 Å². The average molecular weight is 417 g/mol. The van der Waals surface area contributed by atoms with E-state index in [1.54, 1.807) is 5.57 Å². The highest BCUT2D eigenvalue weighted by atomic mass is 32.1. The van der Waals surface area contributed by atoms with Gasteiger partial charge in [-0.25, -0.2) is 0 Å². The van der Waals surface area contributed by atoms with E-state index in [0.717, 1.165) is 47.2 Å². The van der Waals surface area contributed by atoms with Crippen LogP contribution in [0, 0.1) is 52.3 Å². The summed E-state index contributed by atoms with van der Waals surface area (Å²) in [6, 6.07) is 0. The first-order valence-corrected chi connectivity index (χ1v) is 13.7. The lowest BCUT2D eigenvalue weighted by Crippen LogP contribution is -2.53. The molecule has 0 saturated heterocycles. The van der Waals surface area contributed by atoms with Gasteiger partial charge in [0.25, 0.3) is 0 Å². The quantitative estimate of drug-likeness (QED) is 0.325. The Morgan fingerprint density at radius 3 is 2.45 bits per heavy atom. The second kappa shape index (κ2) is 8.55. The normalized spacial score (nSPS) is 45.3. The van der Waals surface area contributed by atoms with Crippen molar-refractivity contribution >= 4 is 12.6 Å². The van der Waals surface area contributed by atoms with Crippen molar-refractivity contribution in [2.75, 3.05) is 5.75 Å². The Bertz CT molecular complexity index is 605. The molecule has 0 amide bonds. The van der Waals surface area contributed by atoms with Gasteiger partial charge < -0.3 is 0 Å². The lowest BCUT2D eigenvalue weighted by atomic mass is 9.44. The lowest BCUT2D eigenvalue weighted by molar-refractivity contribution is -0.102. The van der Waals surface area contributed by atoms with Gasteiger partial charge in [-0.3, -0.25) is 0 Å². The number of rotatable bonds is 6. The third-order valence-electron chi connectivity index (χ3n) is 10.8. The Labute approximate surface area is 187 Å². The van der Waals surface area contributed by atoms with Crippen LogP contribution in [0.4, 0.5) is 0 Å². The fourth-order valence-electron chi connectivity index (χ4n) is 9.21. The standard InChI is InChI=1S/C28H48S/c1-19(2)7-6-8-20(3)24-13-14-25-23-12-11-22-10-9-21(18-29)17-28(22,5)26(23)15-16-27(24,25)4/h9,19-20,22-26,29H,6-8,10-18H2,1-5H3/t20-,22-,23+,24-,25+,26+,27-,28+/m1/s1. The Kier molecular flexibility index (Phi) is 6.57. The summed E-state index contributed by atoms with van der Waals surface area (Å²) in [7, 11) is 0. The van der Waals surface area contributed by atoms with E-state index < -0.39 is 0 Å². The highest BCUT2D eigenvalue weighted by Crippen LogP contribution is 2.68. The van der Waals surface area contributed by atoms with Gasteiger partial charge in [0.2, 0.25) is 0 Å². The van der Waals surface area contributed by atoms with Crippen molar-refractivity contribution in [3.8, 4) is 0 Å².